The van der Waals surface area contributed by atoms with Gasteiger partial charge in [0.25, 0.3) is 5.69 Å². The van der Waals surface area contributed by atoms with Gasteiger partial charge < -0.3 is 14.8 Å². The second-order valence-electron chi connectivity index (χ2n) is 5.64. The second-order valence-corrected chi connectivity index (χ2v) is 5.64. The number of nitrogens with zero attached hydrogens (tertiary/aromatic N) is 1. The predicted octanol–water partition coefficient (Wildman–Crippen LogP) is 2.26. The molecule has 1 N–H and O–H groups in total. The van der Waals surface area contributed by atoms with Crippen molar-refractivity contribution in [3.8, 4) is 11.8 Å². The Morgan fingerprint density at radius 3 is 2.54 bits per heavy atom. The highest BCUT2D eigenvalue weighted by atomic mass is 16.6. The summed E-state index contributed by atoms with van der Waals surface area (Å²) >= 11 is 0. The number of nitro benzene ring substituents is 1. The first kappa shape index (κ1) is 19.0. The molecular formula is C16H18N2O6. The van der Waals surface area contributed by atoms with Gasteiger partial charge in [0.15, 0.2) is 0 Å². The van der Waals surface area contributed by atoms with Gasteiger partial charge >= 0.3 is 12.1 Å². The van der Waals surface area contributed by atoms with Crippen LogP contribution in [0.15, 0.2) is 18.2 Å². The summed E-state index contributed by atoms with van der Waals surface area (Å²) < 4.78 is 9.55. The van der Waals surface area contributed by atoms with E-state index in [4.69, 9.17) is 4.74 Å². The summed E-state index contributed by atoms with van der Waals surface area (Å²) in [5, 5.41) is 13.5. The van der Waals surface area contributed by atoms with Crippen molar-refractivity contribution in [3.05, 3.63) is 39.4 Å². The largest absolute Gasteiger partial charge is 0.465 e. The molecule has 0 bridgehead atoms. The molecule has 8 heteroatoms. The van der Waals surface area contributed by atoms with Gasteiger partial charge in [0, 0.05) is 6.07 Å². The Labute approximate surface area is 139 Å². The molecule has 0 aromatic heterocycles. The molecule has 0 aliphatic carbocycles. The molecule has 0 aliphatic heterocycles. The van der Waals surface area contributed by atoms with E-state index in [2.05, 4.69) is 21.9 Å². The molecule has 0 radical (unpaired) electrons. The summed E-state index contributed by atoms with van der Waals surface area (Å²) in [6.45, 7) is 5.14. The Bertz CT molecular complexity index is 710. The zero-order valence-electron chi connectivity index (χ0n) is 13.8. The lowest BCUT2D eigenvalue weighted by molar-refractivity contribution is -0.385. The van der Waals surface area contributed by atoms with Crippen LogP contribution in [-0.2, 0) is 9.47 Å². The molecule has 8 nitrogen and oxygen atoms in total. The van der Waals surface area contributed by atoms with Gasteiger partial charge in [0.2, 0.25) is 0 Å². The molecule has 1 rings (SSSR count). The van der Waals surface area contributed by atoms with Gasteiger partial charge in [0.05, 0.1) is 24.1 Å². The molecule has 24 heavy (non-hydrogen) atoms. The van der Waals surface area contributed by atoms with Crippen molar-refractivity contribution in [3.63, 3.8) is 0 Å². The van der Waals surface area contributed by atoms with Crippen LogP contribution in [0.25, 0.3) is 0 Å². The number of nitro groups is 1. The fourth-order valence-electron chi connectivity index (χ4n) is 1.60. The fourth-order valence-corrected chi connectivity index (χ4v) is 1.60. The average Bonchev–Trinajstić information content (AvgIpc) is 2.49. The molecule has 0 aliphatic rings. The lowest BCUT2D eigenvalue weighted by Crippen LogP contribution is -2.32. The Hall–Kier alpha value is -3.08. The molecule has 0 fully saturated rings. The minimum atomic E-state index is -0.677. The number of benzene rings is 1. The normalized spacial score (nSPS) is 10.2. The van der Waals surface area contributed by atoms with E-state index in [1.807, 2.05) is 0 Å². The number of hydrogen-bond acceptors (Lipinski definition) is 6. The number of carbonyl (C=O) groups excluding carboxylic acids is 2. The van der Waals surface area contributed by atoms with Crippen LogP contribution in [-0.4, -0.2) is 36.2 Å². The molecule has 0 heterocycles. The minimum Gasteiger partial charge on any atom is -0.465 e. The molecule has 1 aromatic rings. The third kappa shape index (κ3) is 5.96. The van der Waals surface area contributed by atoms with Crippen molar-refractivity contribution in [2.24, 2.45) is 0 Å². The SMILES string of the molecule is COC(=O)c1ccc(C#CCNC(=O)OC(C)(C)C)c([N+](=O)[O-])c1. The van der Waals surface area contributed by atoms with Gasteiger partial charge in [-0.3, -0.25) is 10.1 Å². The predicted molar refractivity (Wildman–Crippen MR) is 85.6 cm³/mol. The maximum Gasteiger partial charge on any atom is 0.408 e. The molecule has 128 valence electrons. The number of hydrogen-bond donors (Lipinski definition) is 1. The van der Waals surface area contributed by atoms with E-state index < -0.39 is 22.6 Å². The van der Waals surface area contributed by atoms with Crippen molar-refractivity contribution in [2.75, 3.05) is 13.7 Å². The second kappa shape index (κ2) is 7.97. The summed E-state index contributed by atoms with van der Waals surface area (Å²) in [4.78, 5) is 33.3. The molecule has 1 amide bonds. The van der Waals surface area contributed by atoms with Gasteiger partial charge in [-0.2, -0.15) is 0 Å². The first-order chi connectivity index (χ1) is 11.1. The number of ether oxygens (including phenoxy) is 2. The Morgan fingerprint density at radius 1 is 1.33 bits per heavy atom. The topological polar surface area (TPSA) is 108 Å². The highest BCUT2D eigenvalue weighted by molar-refractivity contribution is 5.90. The molecule has 0 spiro atoms. The van der Waals surface area contributed by atoms with E-state index in [0.29, 0.717) is 0 Å². The Kier molecular flexibility index (Phi) is 6.30. The van der Waals surface area contributed by atoms with E-state index in [1.54, 1.807) is 20.8 Å². The van der Waals surface area contributed by atoms with Crippen molar-refractivity contribution in [1.82, 2.24) is 5.32 Å². The van der Waals surface area contributed by atoms with Crippen LogP contribution in [0.5, 0.6) is 0 Å². The number of rotatable bonds is 3. The van der Waals surface area contributed by atoms with Crippen molar-refractivity contribution >= 4 is 17.7 Å². The standard InChI is InChI=1S/C16H18N2O6/c1-16(2,3)24-15(20)17-9-5-6-11-7-8-12(14(19)23-4)10-13(11)18(21)22/h7-8,10H,9H2,1-4H3,(H,17,20). The van der Waals surface area contributed by atoms with Crippen LogP contribution < -0.4 is 5.32 Å². The van der Waals surface area contributed by atoms with Gasteiger partial charge in [-0.1, -0.05) is 11.8 Å². The first-order valence-electron chi connectivity index (χ1n) is 6.96. The van der Waals surface area contributed by atoms with E-state index >= 15 is 0 Å². The zero-order valence-corrected chi connectivity index (χ0v) is 13.8. The molecule has 0 unspecified atom stereocenters. The number of amides is 1. The lowest BCUT2D eigenvalue weighted by Gasteiger charge is -2.18. The lowest BCUT2D eigenvalue weighted by atomic mass is 10.1. The van der Waals surface area contributed by atoms with Crippen LogP contribution in [0.1, 0.15) is 36.7 Å². The molecular weight excluding hydrogens is 316 g/mol. The molecule has 0 saturated heterocycles. The highest BCUT2D eigenvalue weighted by Gasteiger charge is 2.17. The summed E-state index contributed by atoms with van der Waals surface area (Å²) in [6.07, 6.45) is -0.632. The number of nitrogens with one attached hydrogen (secondary N) is 1. The van der Waals surface area contributed by atoms with Crippen LogP contribution in [0, 0.1) is 22.0 Å². The van der Waals surface area contributed by atoms with Crippen molar-refractivity contribution < 1.29 is 24.0 Å². The van der Waals surface area contributed by atoms with Crippen LogP contribution in [0.2, 0.25) is 0 Å². The average molecular weight is 334 g/mol. The third-order valence-corrected chi connectivity index (χ3v) is 2.56. The highest BCUT2D eigenvalue weighted by Crippen LogP contribution is 2.20. The zero-order chi connectivity index (χ0) is 18.3. The minimum absolute atomic E-state index is 0.0369. The number of esters is 1. The fraction of sp³-hybridized carbons (Fsp3) is 0.375. The Balaban J connectivity index is 2.83. The first-order valence-corrected chi connectivity index (χ1v) is 6.96. The number of carbonyl (C=O) groups is 2. The number of alkyl carbamates (subject to hydrolysis) is 1. The van der Waals surface area contributed by atoms with Crippen LogP contribution in [0.3, 0.4) is 0 Å². The summed E-state index contributed by atoms with van der Waals surface area (Å²) in [5.74, 6) is 4.50. The smallest absolute Gasteiger partial charge is 0.408 e. The van der Waals surface area contributed by atoms with Gasteiger partial charge in [0.1, 0.15) is 11.2 Å². The maximum absolute atomic E-state index is 11.4. The summed E-state index contributed by atoms with van der Waals surface area (Å²) in [6, 6.07) is 3.83. The molecule has 0 saturated carbocycles. The monoisotopic (exact) mass is 334 g/mol. The van der Waals surface area contributed by atoms with Crippen molar-refractivity contribution in [1.29, 1.82) is 0 Å². The van der Waals surface area contributed by atoms with Gasteiger partial charge in [-0.25, -0.2) is 9.59 Å². The van der Waals surface area contributed by atoms with Crippen LogP contribution in [0.4, 0.5) is 10.5 Å². The summed E-state index contributed by atoms with van der Waals surface area (Å²) in [7, 11) is 1.18. The van der Waals surface area contributed by atoms with Crippen LogP contribution >= 0.6 is 0 Å². The maximum atomic E-state index is 11.4. The van der Waals surface area contributed by atoms with E-state index in [9.17, 15) is 19.7 Å². The van der Waals surface area contributed by atoms with Crippen molar-refractivity contribution in [2.45, 2.75) is 26.4 Å². The van der Waals surface area contributed by atoms with E-state index in [-0.39, 0.29) is 23.4 Å². The van der Waals surface area contributed by atoms with E-state index in [1.165, 1.54) is 19.2 Å². The Morgan fingerprint density at radius 2 is 2.00 bits per heavy atom. The third-order valence-electron chi connectivity index (χ3n) is 2.56. The van der Waals surface area contributed by atoms with Gasteiger partial charge in [-0.15, -0.1) is 0 Å². The van der Waals surface area contributed by atoms with Gasteiger partial charge in [-0.05, 0) is 32.9 Å². The summed E-state index contributed by atoms with van der Waals surface area (Å²) in [5.41, 5.74) is -0.761. The molecule has 1 aromatic carbocycles. The quantitative estimate of drug-likeness (QED) is 0.393. The van der Waals surface area contributed by atoms with E-state index in [0.717, 1.165) is 6.07 Å². The number of methoxy groups -OCH3 is 1. The molecule has 0 atom stereocenters.